The first-order chi connectivity index (χ1) is 9.94. The van der Waals surface area contributed by atoms with Crippen LogP contribution in [0, 0.1) is 5.82 Å². The number of benzene rings is 1. The first kappa shape index (κ1) is 16.0. The van der Waals surface area contributed by atoms with Gasteiger partial charge in [0.05, 0.1) is 18.8 Å². The second-order valence-electron chi connectivity index (χ2n) is 4.07. The van der Waals surface area contributed by atoms with Crippen molar-refractivity contribution in [1.82, 2.24) is 14.9 Å². The fourth-order valence-electron chi connectivity index (χ4n) is 1.60. The van der Waals surface area contributed by atoms with Gasteiger partial charge >= 0.3 is 0 Å². The van der Waals surface area contributed by atoms with E-state index in [0.717, 1.165) is 6.07 Å². The van der Waals surface area contributed by atoms with E-state index in [2.05, 4.69) is 30.8 Å². The molecule has 9 heteroatoms. The van der Waals surface area contributed by atoms with Crippen LogP contribution < -0.4 is 4.72 Å². The molecule has 0 spiro atoms. The number of halogens is 2. The number of aliphatic hydroxyl groups excluding tert-OH is 1. The largest absolute Gasteiger partial charge is 0.392 e. The maximum absolute atomic E-state index is 14.0. The summed E-state index contributed by atoms with van der Waals surface area (Å²) in [6.45, 7) is -0.714. The zero-order chi connectivity index (χ0) is 15.5. The number of aromatic nitrogens is 2. The van der Waals surface area contributed by atoms with Gasteiger partial charge < -0.3 is 5.11 Å². The normalized spacial score (nSPS) is 11.6. The second kappa shape index (κ2) is 6.56. The quantitative estimate of drug-likeness (QED) is 0.822. The van der Waals surface area contributed by atoms with E-state index in [1.54, 1.807) is 12.1 Å². The summed E-state index contributed by atoms with van der Waals surface area (Å²) in [7, 11) is -4.08. The molecule has 112 valence electrons. The van der Waals surface area contributed by atoms with Crippen molar-refractivity contribution < 1.29 is 17.9 Å². The smallest absolute Gasteiger partial charge is 0.243 e. The van der Waals surface area contributed by atoms with E-state index in [1.165, 1.54) is 12.3 Å². The van der Waals surface area contributed by atoms with Gasteiger partial charge in [0.15, 0.2) is 0 Å². The molecule has 0 aliphatic rings. The number of nitrogens with zero attached hydrogens (tertiary/aromatic N) is 2. The van der Waals surface area contributed by atoms with Gasteiger partial charge in [-0.2, -0.15) is 10.2 Å². The number of sulfonamides is 1. The van der Waals surface area contributed by atoms with Gasteiger partial charge in [-0.05, 0) is 24.3 Å². The van der Waals surface area contributed by atoms with Crippen LogP contribution in [-0.4, -0.2) is 23.7 Å². The van der Waals surface area contributed by atoms with Gasteiger partial charge in [-0.15, -0.1) is 0 Å². The van der Waals surface area contributed by atoms with Gasteiger partial charge in [-0.1, -0.05) is 15.9 Å². The van der Waals surface area contributed by atoms with Gasteiger partial charge in [-0.3, -0.25) is 0 Å². The highest BCUT2D eigenvalue weighted by molar-refractivity contribution is 9.10. The topological polar surface area (TPSA) is 92.2 Å². The molecular formula is C12H11BrFN3O3S. The molecule has 0 fully saturated rings. The molecule has 2 aromatic rings. The summed E-state index contributed by atoms with van der Waals surface area (Å²) in [5.74, 6) is -0.979. The van der Waals surface area contributed by atoms with Crippen LogP contribution in [0.2, 0.25) is 0 Å². The highest BCUT2D eigenvalue weighted by atomic mass is 79.9. The minimum absolute atomic E-state index is 0.107. The lowest BCUT2D eigenvalue weighted by atomic mass is 10.2. The molecular weight excluding hydrogens is 365 g/mol. The molecule has 2 rings (SSSR count). The van der Waals surface area contributed by atoms with Crippen molar-refractivity contribution in [3.63, 3.8) is 0 Å². The Morgan fingerprint density at radius 2 is 2.14 bits per heavy atom. The van der Waals surface area contributed by atoms with Gasteiger partial charge in [0.25, 0.3) is 0 Å². The Labute approximate surface area is 129 Å². The molecule has 2 N–H and O–H groups in total. The molecule has 0 aliphatic heterocycles. The summed E-state index contributed by atoms with van der Waals surface area (Å²) in [6.07, 6.45) is 1.46. The van der Waals surface area contributed by atoms with Crippen molar-refractivity contribution in [2.24, 2.45) is 0 Å². The molecule has 0 atom stereocenters. The average molecular weight is 376 g/mol. The summed E-state index contributed by atoms with van der Waals surface area (Å²) in [5, 5.41) is 16.4. The molecule has 0 saturated carbocycles. The molecule has 0 saturated heterocycles. The van der Waals surface area contributed by atoms with Crippen LogP contribution in [-0.2, 0) is 23.2 Å². The van der Waals surface area contributed by atoms with Crippen LogP contribution in [0.5, 0.6) is 0 Å². The third-order valence-corrected chi connectivity index (χ3v) is 4.47. The summed E-state index contributed by atoms with van der Waals surface area (Å²) < 4.78 is 40.9. The fourth-order valence-corrected chi connectivity index (χ4v) is 3.40. The minimum atomic E-state index is -4.08. The molecule has 1 aromatic heterocycles. The zero-order valence-electron chi connectivity index (χ0n) is 10.6. The molecule has 0 bridgehead atoms. The van der Waals surface area contributed by atoms with Crippen LogP contribution in [0.3, 0.4) is 0 Å². The van der Waals surface area contributed by atoms with Gasteiger partial charge in [0, 0.05) is 16.2 Å². The van der Waals surface area contributed by atoms with Crippen LogP contribution in [0.4, 0.5) is 4.39 Å². The van der Waals surface area contributed by atoms with Crippen molar-refractivity contribution in [1.29, 1.82) is 0 Å². The van der Waals surface area contributed by atoms with Gasteiger partial charge in [-0.25, -0.2) is 17.5 Å². The summed E-state index contributed by atoms with van der Waals surface area (Å²) in [5.41, 5.74) is 0.295. The van der Waals surface area contributed by atoms with Gasteiger partial charge in [0.2, 0.25) is 10.0 Å². The van der Waals surface area contributed by atoms with Crippen LogP contribution in [0.1, 0.15) is 11.3 Å². The third-order valence-electron chi connectivity index (χ3n) is 2.61. The highest BCUT2D eigenvalue weighted by Crippen LogP contribution is 2.24. The fraction of sp³-hybridized carbons (Fsp3) is 0.167. The van der Waals surface area contributed by atoms with Crippen molar-refractivity contribution in [3.8, 4) is 0 Å². The first-order valence-electron chi connectivity index (χ1n) is 5.79. The van der Waals surface area contributed by atoms with Crippen molar-refractivity contribution in [3.05, 3.63) is 52.0 Å². The Balaban J connectivity index is 2.30. The molecule has 21 heavy (non-hydrogen) atoms. The highest BCUT2D eigenvalue weighted by Gasteiger charge is 2.22. The second-order valence-corrected chi connectivity index (χ2v) is 6.73. The molecule has 6 nitrogen and oxygen atoms in total. The Bertz CT molecular complexity index is 741. The van der Waals surface area contributed by atoms with E-state index in [1.807, 2.05) is 0 Å². The monoisotopic (exact) mass is 375 g/mol. The van der Waals surface area contributed by atoms with E-state index >= 15 is 0 Å². The van der Waals surface area contributed by atoms with Crippen molar-refractivity contribution in [2.75, 3.05) is 0 Å². The van der Waals surface area contributed by atoms with Crippen LogP contribution in [0.15, 0.2) is 39.8 Å². The van der Waals surface area contributed by atoms with E-state index < -0.39 is 27.3 Å². The zero-order valence-corrected chi connectivity index (χ0v) is 13.0. The summed E-state index contributed by atoms with van der Waals surface area (Å²) >= 11 is 3.08. The number of hydrogen-bond donors (Lipinski definition) is 2. The van der Waals surface area contributed by atoms with E-state index in [4.69, 9.17) is 5.11 Å². The minimum Gasteiger partial charge on any atom is -0.392 e. The number of hydrogen-bond acceptors (Lipinski definition) is 5. The molecule has 0 radical (unpaired) electrons. The van der Waals surface area contributed by atoms with Crippen LogP contribution >= 0.6 is 15.9 Å². The molecule has 0 aliphatic carbocycles. The molecule has 0 amide bonds. The Morgan fingerprint density at radius 1 is 1.38 bits per heavy atom. The number of rotatable bonds is 5. The van der Waals surface area contributed by atoms with E-state index in [9.17, 15) is 12.8 Å². The number of nitrogens with one attached hydrogen (secondary N) is 1. The molecule has 0 unspecified atom stereocenters. The SMILES string of the molecule is O=S(=O)(NCc1cccnn1)c1cc(Br)cc(CO)c1F. The molecule has 1 aromatic carbocycles. The standard InChI is InChI=1S/C12H11BrFN3O3S/c13-9-4-8(7-18)12(14)11(5-9)21(19,20)16-6-10-2-1-3-15-17-10/h1-5,16,18H,6-7H2. The summed E-state index contributed by atoms with van der Waals surface area (Å²) in [6, 6.07) is 5.65. The van der Waals surface area contributed by atoms with Crippen molar-refractivity contribution >= 4 is 26.0 Å². The first-order valence-corrected chi connectivity index (χ1v) is 8.06. The van der Waals surface area contributed by atoms with Crippen molar-refractivity contribution in [2.45, 2.75) is 18.0 Å². The van der Waals surface area contributed by atoms with E-state index in [-0.39, 0.29) is 12.1 Å². The Hall–Kier alpha value is -1.42. The molecule has 1 heterocycles. The average Bonchev–Trinajstić information content (AvgIpc) is 2.48. The maximum atomic E-state index is 14.0. The Kier molecular flexibility index (Phi) is 4.99. The lowest BCUT2D eigenvalue weighted by Crippen LogP contribution is -2.25. The van der Waals surface area contributed by atoms with Crippen LogP contribution in [0.25, 0.3) is 0 Å². The Morgan fingerprint density at radius 3 is 2.76 bits per heavy atom. The number of aliphatic hydroxyl groups is 1. The predicted molar refractivity (Wildman–Crippen MR) is 76.1 cm³/mol. The van der Waals surface area contributed by atoms with Gasteiger partial charge in [0.1, 0.15) is 10.7 Å². The third kappa shape index (κ3) is 3.82. The lowest BCUT2D eigenvalue weighted by Gasteiger charge is -2.10. The lowest BCUT2D eigenvalue weighted by molar-refractivity contribution is 0.274. The summed E-state index contributed by atoms with van der Waals surface area (Å²) in [4.78, 5) is -0.537. The predicted octanol–water partition coefficient (Wildman–Crippen LogP) is 1.35. The maximum Gasteiger partial charge on any atom is 0.243 e. The van der Waals surface area contributed by atoms with E-state index in [0.29, 0.717) is 10.2 Å².